The topological polar surface area (TPSA) is 98.3 Å². The number of hydrogen-bond acceptors (Lipinski definition) is 5. The van der Waals surface area contributed by atoms with Crippen molar-refractivity contribution in [3.8, 4) is 0 Å². The first kappa shape index (κ1) is 20.5. The van der Waals surface area contributed by atoms with Crippen molar-refractivity contribution in [1.29, 1.82) is 0 Å². The average Bonchev–Trinajstić information content (AvgIpc) is 2.60. The molecule has 1 fully saturated rings. The van der Waals surface area contributed by atoms with Gasteiger partial charge in [0.25, 0.3) is 0 Å². The van der Waals surface area contributed by atoms with Crippen molar-refractivity contribution in [2.24, 2.45) is 5.41 Å². The molecular formula is C19H19Cl2N3O4. The molecule has 0 saturated carbocycles. The number of hydrogen-bond donors (Lipinski definition) is 1. The van der Waals surface area contributed by atoms with Gasteiger partial charge in [-0.25, -0.2) is 0 Å². The van der Waals surface area contributed by atoms with Gasteiger partial charge in [-0.15, -0.1) is 0 Å². The normalized spacial score (nSPS) is 26.6. The molecule has 1 saturated heterocycles. The van der Waals surface area contributed by atoms with Crippen LogP contribution in [0.4, 0.5) is 0 Å². The minimum atomic E-state index is -1.23. The molecule has 0 amide bonds. The summed E-state index contributed by atoms with van der Waals surface area (Å²) in [4.78, 5) is 23.1. The van der Waals surface area contributed by atoms with Gasteiger partial charge in [-0.3, -0.25) is 25.5 Å². The zero-order valence-electron chi connectivity index (χ0n) is 15.2. The second-order valence-electron chi connectivity index (χ2n) is 7.51. The number of piperidine rings is 1. The lowest BCUT2D eigenvalue weighted by Gasteiger charge is -2.44. The highest BCUT2D eigenvalue weighted by Crippen LogP contribution is 2.47. The molecular weight excluding hydrogens is 405 g/mol. The fourth-order valence-electron chi connectivity index (χ4n) is 4.09. The van der Waals surface area contributed by atoms with Gasteiger partial charge in [-0.05, 0) is 49.2 Å². The van der Waals surface area contributed by atoms with Crippen molar-refractivity contribution in [2.75, 3.05) is 0 Å². The molecule has 0 unspecified atom stereocenters. The Morgan fingerprint density at radius 3 is 1.39 bits per heavy atom. The number of benzene rings is 2. The molecule has 1 N–H and O–H groups in total. The van der Waals surface area contributed by atoms with Gasteiger partial charge in [0.2, 0.25) is 12.1 Å². The summed E-state index contributed by atoms with van der Waals surface area (Å²) in [6.45, 7) is 3.17. The summed E-state index contributed by atoms with van der Waals surface area (Å²) in [7, 11) is 0. The van der Waals surface area contributed by atoms with Gasteiger partial charge in [0.15, 0.2) is 0 Å². The van der Waals surface area contributed by atoms with Gasteiger partial charge in [-0.1, -0.05) is 47.5 Å². The summed E-state index contributed by atoms with van der Waals surface area (Å²) in [5.41, 5.74) is 0.0761. The Bertz CT molecular complexity index is 816. The molecule has 0 radical (unpaired) electrons. The van der Waals surface area contributed by atoms with E-state index >= 15 is 0 Å². The number of halogens is 2. The maximum absolute atomic E-state index is 12.0. The lowest BCUT2D eigenvalue weighted by atomic mass is 9.66. The highest BCUT2D eigenvalue weighted by molar-refractivity contribution is 6.30. The van der Waals surface area contributed by atoms with Gasteiger partial charge < -0.3 is 0 Å². The van der Waals surface area contributed by atoms with E-state index in [2.05, 4.69) is 5.32 Å². The molecule has 1 aliphatic heterocycles. The summed E-state index contributed by atoms with van der Waals surface area (Å²) in [6.07, 6.45) is 0. The zero-order chi connectivity index (χ0) is 20.6. The predicted octanol–water partition coefficient (Wildman–Crippen LogP) is 4.70. The van der Waals surface area contributed by atoms with Crippen LogP contribution in [0.5, 0.6) is 0 Å². The zero-order valence-corrected chi connectivity index (χ0v) is 16.7. The van der Waals surface area contributed by atoms with Crippen LogP contribution in [0.15, 0.2) is 48.5 Å². The molecule has 2 aromatic rings. The number of nitrogens with zero attached hydrogens (tertiary/aromatic N) is 2. The van der Waals surface area contributed by atoms with Crippen molar-refractivity contribution >= 4 is 23.2 Å². The number of rotatable bonds is 4. The predicted molar refractivity (Wildman–Crippen MR) is 107 cm³/mol. The Morgan fingerprint density at radius 2 is 1.11 bits per heavy atom. The maximum atomic E-state index is 12.0. The Balaban J connectivity index is 2.14. The first-order valence-corrected chi connectivity index (χ1v) is 9.42. The lowest BCUT2D eigenvalue weighted by molar-refractivity contribution is -0.605. The van der Waals surface area contributed by atoms with Crippen LogP contribution in [0.3, 0.4) is 0 Å². The van der Waals surface area contributed by atoms with Crippen molar-refractivity contribution in [3.63, 3.8) is 0 Å². The highest BCUT2D eigenvalue weighted by Gasteiger charge is 2.62. The molecule has 7 nitrogen and oxygen atoms in total. The van der Waals surface area contributed by atoms with E-state index in [4.69, 9.17) is 23.2 Å². The van der Waals surface area contributed by atoms with E-state index in [0.29, 0.717) is 21.2 Å². The van der Waals surface area contributed by atoms with Crippen LogP contribution in [-0.2, 0) is 0 Å². The van der Waals surface area contributed by atoms with E-state index in [-0.39, 0.29) is 0 Å². The van der Waals surface area contributed by atoms with Crippen LogP contribution >= 0.6 is 23.2 Å². The smallest absolute Gasteiger partial charge is 0.243 e. The Kier molecular flexibility index (Phi) is 5.61. The van der Waals surface area contributed by atoms with Crippen LogP contribution < -0.4 is 5.32 Å². The highest BCUT2D eigenvalue weighted by atomic mass is 35.5. The van der Waals surface area contributed by atoms with E-state index in [0.717, 1.165) is 0 Å². The summed E-state index contributed by atoms with van der Waals surface area (Å²) >= 11 is 11.9. The molecule has 0 bridgehead atoms. The van der Waals surface area contributed by atoms with Crippen molar-refractivity contribution in [2.45, 2.75) is 38.0 Å². The second-order valence-corrected chi connectivity index (χ2v) is 8.38. The van der Waals surface area contributed by atoms with E-state index in [1.165, 1.54) is 0 Å². The quantitative estimate of drug-likeness (QED) is 0.567. The van der Waals surface area contributed by atoms with Gasteiger partial charge in [0.1, 0.15) is 17.5 Å². The number of nitro groups is 2. The van der Waals surface area contributed by atoms with E-state index in [1.54, 1.807) is 62.4 Å². The Hall–Kier alpha value is -2.22. The minimum absolute atomic E-state index is 0.430. The molecule has 2 aromatic carbocycles. The van der Waals surface area contributed by atoms with E-state index in [9.17, 15) is 20.2 Å². The molecule has 4 atom stereocenters. The molecule has 148 valence electrons. The van der Waals surface area contributed by atoms with E-state index in [1.807, 2.05) is 0 Å². The first-order chi connectivity index (χ1) is 13.1. The summed E-state index contributed by atoms with van der Waals surface area (Å²) in [6, 6.07) is 9.59. The largest absolute Gasteiger partial charge is 0.291 e. The molecule has 28 heavy (non-hydrogen) atoms. The third kappa shape index (κ3) is 3.70. The van der Waals surface area contributed by atoms with Crippen molar-refractivity contribution in [1.82, 2.24) is 5.32 Å². The average molecular weight is 424 g/mol. The van der Waals surface area contributed by atoms with E-state index < -0.39 is 39.4 Å². The van der Waals surface area contributed by atoms with Crippen LogP contribution in [-0.4, -0.2) is 21.9 Å². The third-order valence-corrected chi connectivity index (χ3v) is 5.93. The van der Waals surface area contributed by atoms with Crippen LogP contribution in [0.1, 0.15) is 37.1 Å². The monoisotopic (exact) mass is 423 g/mol. The van der Waals surface area contributed by atoms with Crippen molar-refractivity contribution in [3.05, 3.63) is 89.9 Å². The molecule has 1 aliphatic rings. The van der Waals surface area contributed by atoms with Crippen LogP contribution in [0.2, 0.25) is 10.0 Å². The summed E-state index contributed by atoms with van der Waals surface area (Å²) in [5, 5.41) is 28.1. The fourth-order valence-corrected chi connectivity index (χ4v) is 4.35. The molecule has 0 aliphatic carbocycles. The SMILES string of the molecule is CC1(C)[C@@H]([N+](=O)[O-])[C@@H](c2ccc(Cl)cc2)N[C@@H](c2ccc(Cl)cc2)[C@@H]1[N+](=O)[O-]. The van der Waals surface area contributed by atoms with Gasteiger partial charge in [0, 0.05) is 19.9 Å². The Labute approximate surface area is 171 Å². The second kappa shape index (κ2) is 7.66. The van der Waals surface area contributed by atoms with Gasteiger partial charge in [-0.2, -0.15) is 0 Å². The fraction of sp³-hybridized carbons (Fsp3) is 0.368. The van der Waals surface area contributed by atoms with Crippen molar-refractivity contribution < 1.29 is 9.85 Å². The first-order valence-electron chi connectivity index (χ1n) is 8.67. The molecule has 1 heterocycles. The third-order valence-electron chi connectivity index (χ3n) is 5.43. The Morgan fingerprint density at radius 1 is 0.786 bits per heavy atom. The van der Waals surface area contributed by atoms with Gasteiger partial charge >= 0.3 is 0 Å². The molecule has 0 aromatic heterocycles. The molecule has 9 heteroatoms. The summed E-state index contributed by atoms with van der Waals surface area (Å²) in [5.74, 6) is 0. The van der Waals surface area contributed by atoms with Crippen LogP contribution in [0, 0.1) is 25.6 Å². The molecule has 0 spiro atoms. The lowest BCUT2D eigenvalue weighted by Crippen LogP contribution is -2.63. The van der Waals surface area contributed by atoms with Crippen LogP contribution in [0.25, 0.3) is 0 Å². The van der Waals surface area contributed by atoms with Gasteiger partial charge in [0.05, 0.1) is 0 Å². The molecule has 3 rings (SSSR count). The number of nitrogens with one attached hydrogen (secondary N) is 1. The summed E-state index contributed by atoms with van der Waals surface area (Å²) < 4.78 is 0. The minimum Gasteiger partial charge on any atom is -0.291 e. The maximum Gasteiger partial charge on any atom is 0.243 e. The standard InChI is InChI=1S/C19H19Cl2N3O4/c1-19(2)17(23(25)26)15(11-3-7-13(20)8-4-11)22-16(18(19)24(27)28)12-5-9-14(21)10-6-12/h3-10,15-18,22H,1-2H3/t15-,16+,17-,18-/m0/s1.